The highest BCUT2D eigenvalue weighted by Gasteiger charge is 2.23. The maximum absolute atomic E-state index is 12.0. The van der Waals surface area contributed by atoms with Crippen LogP contribution in [-0.4, -0.2) is 26.0 Å². The van der Waals surface area contributed by atoms with E-state index in [2.05, 4.69) is 15.5 Å². The molecule has 5 nitrogen and oxygen atoms in total. The zero-order chi connectivity index (χ0) is 13.2. The first-order valence-electron chi connectivity index (χ1n) is 5.83. The number of hydrogen-bond donors (Lipinski definition) is 0. The van der Waals surface area contributed by atoms with Crippen molar-refractivity contribution in [3.05, 3.63) is 30.3 Å². The molecule has 0 spiro atoms. The minimum Gasteiger partial charge on any atom is -0.297 e. The Bertz CT molecular complexity index is 540. The number of aromatic nitrogens is 4. The molecule has 1 aromatic carbocycles. The van der Waals surface area contributed by atoms with Gasteiger partial charge in [-0.15, -0.1) is 5.10 Å². The first kappa shape index (κ1) is 12.4. The van der Waals surface area contributed by atoms with Crippen LogP contribution in [-0.2, 0) is 11.3 Å². The predicted molar refractivity (Wildman–Crippen MR) is 67.7 cm³/mol. The maximum atomic E-state index is 12.0. The van der Waals surface area contributed by atoms with E-state index in [1.165, 1.54) is 0 Å². The Hall–Kier alpha value is -2.04. The molecule has 0 fully saturated rings. The van der Waals surface area contributed by atoms with E-state index in [1.54, 1.807) is 4.68 Å². The number of tetrazole rings is 1. The van der Waals surface area contributed by atoms with Crippen LogP contribution in [0.1, 0.15) is 20.8 Å². The number of benzene rings is 1. The summed E-state index contributed by atoms with van der Waals surface area (Å²) in [6.45, 7) is 5.87. The third-order valence-electron chi connectivity index (χ3n) is 2.69. The minimum absolute atomic E-state index is 0.104. The molecule has 0 atom stereocenters. The van der Waals surface area contributed by atoms with Crippen LogP contribution in [0.4, 0.5) is 0 Å². The summed E-state index contributed by atoms with van der Waals surface area (Å²) < 4.78 is 1.54. The minimum atomic E-state index is -0.389. The fourth-order valence-electron chi connectivity index (χ4n) is 1.48. The van der Waals surface area contributed by atoms with Gasteiger partial charge in [0, 0.05) is 11.0 Å². The number of rotatable bonds is 3. The molecule has 1 heterocycles. The molecule has 1 aromatic heterocycles. The smallest absolute Gasteiger partial charge is 0.182 e. The van der Waals surface area contributed by atoms with Crippen LogP contribution < -0.4 is 0 Å². The SMILES string of the molecule is CC(C)(C)C(=O)Cn1nnnc1-c1ccccc1. The summed E-state index contributed by atoms with van der Waals surface area (Å²) in [7, 11) is 0. The monoisotopic (exact) mass is 244 g/mol. The van der Waals surface area contributed by atoms with Crippen molar-refractivity contribution < 1.29 is 4.79 Å². The highest BCUT2D eigenvalue weighted by atomic mass is 16.1. The van der Waals surface area contributed by atoms with Crippen LogP contribution in [0.5, 0.6) is 0 Å². The topological polar surface area (TPSA) is 60.7 Å². The number of carbonyl (C=O) groups is 1. The van der Waals surface area contributed by atoms with Crippen molar-refractivity contribution in [3.63, 3.8) is 0 Å². The van der Waals surface area contributed by atoms with E-state index < -0.39 is 0 Å². The van der Waals surface area contributed by atoms with Gasteiger partial charge in [-0.1, -0.05) is 51.1 Å². The molecule has 0 radical (unpaired) electrons. The van der Waals surface area contributed by atoms with Crippen LogP contribution in [0.25, 0.3) is 11.4 Å². The molecule has 0 aliphatic heterocycles. The Labute approximate surface area is 106 Å². The quantitative estimate of drug-likeness (QED) is 0.828. The third kappa shape index (κ3) is 2.61. The third-order valence-corrected chi connectivity index (χ3v) is 2.69. The molecule has 18 heavy (non-hydrogen) atoms. The lowest BCUT2D eigenvalue weighted by atomic mass is 9.91. The highest BCUT2D eigenvalue weighted by Crippen LogP contribution is 2.18. The average molecular weight is 244 g/mol. The lowest BCUT2D eigenvalue weighted by molar-refractivity contribution is -0.127. The van der Waals surface area contributed by atoms with Crippen molar-refractivity contribution in [1.29, 1.82) is 0 Å². The van der Waals surface area contributed by atoms with Crippen LogP contribution in [0, 0.1) is 5.41 Å². The van der Waals surface area contributed by atoms with Crippen molar-refractivity contribution in [1.82, 2.24) is 20.2 Å². The summed E-state index contributed by atoms with van der Waals surface area (Å²) in [5.74, 6) is 0.722. The molecule has 0 saturated heterocycles. The van der Waals surface area contributed by atoms with Gasteiger partial charge in [0.1, 0.15) is 6.54 Å². The summed E-state index contributed by atoms with van der Waals surface area (Å²) in [6.07, 6.45) is 0. The Morgan fingerprint density at radius 2 is 1.89 bits per heavy atom. The van der Waals surface area contributed by atoms with Crippen LogP contribution >= 0.6 is 0 Å². The van der Waals surface area contributed by atoms with E-state index >= 15 is 0 Å². The van der Waals surface area contributed by atoms with E-state index in [4.69, 9.17) is 0 Å². The fourth-order valence-corrected chi connectivity index (χ4v) is 1.48. The van der Waals surface area contributed by atoms with Gasteiger partial charge >= 0.3 is 0 Å². The summed E-state index contributed by atoms with van der Waals surface area (Å²) in [5.41, 5.74) is 0.518. The standard InChI is InChI=1S/C13H16N4O/c1-13(2,3)11(18)9-17-12(14-15-16-17)10-7-5-4-6-8-10/h4-8H,9H2,1-3H3. The molecule has 0 N–H and O–H groups in total. The number of ketones is 1. The van der Waals surface area contributed by atoms with E-state index in [-0.39, 0.29) is 17.7 Å². The molecule has 94 valence electrons. The van der Waals surface area contributed by atoms with Crippen molar-refractivity contribution >= 4 is 5.78 Å². The van der Waals surface area contributed by atoms with E-state index in [0.29, 0.717) is 5.82 Å². The molecular weight excluding hydrogens is 228 g/mol. The summed E-state index contributed by atoms with van der Waals surface area (Å²) in [4.78, 5) is 12.0. The number of Topliss-reactive ketones (excluding diaryl/α,β-unsaturated/α-hetero) is 1. The van der Waals surface area contributed by atoms with Gasteiger partial charge in [-0.2, -0.15) is 0 Å². The molecule has 5 heteroatoms. The molecule has 0 aliphatic rings. The Balaban J connectivity index is 2.27. The average Bonchev–Trinajstić information content (AvgIpc) is 2.77. The van der Waals surface area contributed by atoms with Crippen molar-refractivity contribution in [2.75, 3.05) is 0 Å². The molecule has 0 unspecified atom stereocenters. The lowest BCUT2D eigenvalue weighted by Gasteiger charge is -2.16. The van der Waals surface area contributed by atoms with E-state index in [0.717, 1.165) is 5.56 Å². The highest BCUT2D eigenvalue weighted by molar-refractivity contribution is 5.83. The first-order chi connectivity index (χ1) is 8.48. The van der Waals surface area contributed by atoms with Crippen LogP contribution in [0.3, 0.4) is 0 Å². The largest absolute Gasteiger partial charge is 0.297 e. The van der Waals surface area contributed by atoms with Gasteiger partial charge in [0.15, 0.2) is 11.6 Å². The Morgan fingerprint density at radius 3 is 2.50 bits per heavy atom. The maximum Gasteiger partial charge on any atom is 0.182 e. The zero-order valence-corrected chi connectivity index (χ0v) is 10.8. The van der Waals surface area contributed by atoms with Crippen molar-refractivity contribution in [2.45, 2.75) is 27.3 Å². The van der Waals surface area contributed by atoms with E-state index in [9.17, 15) is 4.79 Å². The summed E-state index contributed by atoms with van der Waals surface area (Å²) >= 11 is 0. The second kappa shape index (κ2) is 4.68. The van der Waals surface area contributed by atoms with Crippen molar-refractivity contribution in [2.24, 2.45) is 5.41 Å². The van der Waals surface area contributed by atoms with Crippen LogP contribution in [0.15, 0.2) is 30.3 Å². The lowest BCUT2D eigenvalue weighted by Crippen LogP contribution is -2.25. The van der Waals surface area contributed by atoms with Gasteiger partial charge in [0.05, 0.1) is 0 Å². The molecule has 0 aliphatic carbocycles. The van der Waals surface area contributed by atoms with Crippen molar-refractivity contribution in [3.8, 4) is 11.4 Å². The van der Waals surface area contributed by atoms with E-state index in [1.807, 2.05) is 51.1 Å². The van der Waals surface area contributed by atoms with Gasteiger partial charge in [-0.05, 0) is 10.4 Å². The van der Waals surface area contributed by atoms with Gasteiger partial charge < -0.3 is 0 Å². The summed E-state index contributed by atoms with van der Waals surface area (Å²) in [5, 5.41) is 11.5. The molecule has 2 rings (SSSR count). The normalized spacial score (nSPS) is 11.5. The molecular formula is C13H16N4O. The van der Waals surface area contributed by atoms with Gasteiger partial charge in [0.2, 0.25) is 0 Å². The Morgan fingerprint density at radius 1 is 1.22 bits per heavy atom. The van der Waals surface area contributed by atoms with Gasteiger partial charge in [-0.25, -0.2) is 4.68 Å². The molecule has 0 saturated carbocycles. The second-order valence-corrected chi connectivity index (χ2v) is 5.20. The zero-order valence-electron chi connectivity index (χ0n) is 10.8. The summed E-state index contributed by atoms with van der Waals surface area (Å²) in [6, 6.07) is 9.60. The second-order valence-electron chi connectivity index (χ2n) is 5.20. The van der Waals surface area contributed by atoms with Crippen LogP contribution in [0.2, 0.25) is 0 Å². The first-order valence-corrected chi connectivity index (χ1v) is 5.83. The molecule has 0 bridgehead atoms. The number of nitrogens with zero attached hydrogens (tertiary/aromatic N) is 4. The van der Waals surface area contributed by atoms with Gasteiger partial charge in [0.25, 0.3) is 0 Å². The number of hydrogen-bond acceptors (Lipinski definition) is 4. The fraction of sp³-hybridized carbons (Fsp3) is 0.385. The molecule has 0 amide bonds. The number of carbonyl (C=O) groups excluding carboxylic acids is 1. The predicted octanol–water partition coefficient (Wildman–Crippen LogP) is 1.96. The van der Waals surface area contributed by atoms with Gasteiger partial charge in [-0.3, -0.25) is 4.79 Å². The molecule has 2 aromatic rings. The Kier molecular flexibility index (Phi) is 3.23.